The molecular weight excluding hydrogens is 776 g/mol. The Bertz CT molecular complexity index is 1380. The molecule has 15 heteroatoms. The van der Waals surface area contributed by atoms with Gasteiger partial charge in [0.25, 0.3) is 0 Å². The van der Waals surface area contributed by atoms with Crippen LogP contribution in [0.4, 0.5) is 0 Å². The van der Waals surface area contributed by atoms with Crippen molar-refractivity contribution in [3.8, 4) is 0 Å². The molecule has 0 aromatic carbocycles. The highest BCUT2D eigenvalue weighted by Crippen LogP contribution is 2.38. The summed E-state index contributed by atoms with van der Waals surface area (Å²) in [5, 5.41) is 33.6. The first-order valence-electron chi connectivity index (χ1n) is 22.1. The first-order chi connectivity index (χ1) is 28.3. The van der Waals surface area contributed by atoms with Gasteiger partial charge in [-0.2, -0.15) is 0 Å². The summed E-state index contributed by atoms with van der Waals surface area (Å²) in [4.78, 5) is 29.4. The fourth-order valence-electron chi connectivity index (χ4n) is 9.58. The molecule has 19 atom stereocenters. The fraction of sp³-hybridized carbons (Fsp3) is 0.867. The van der Waals surface area contributed by atoms with E-state index >= 15 is 0 Å². The molecule has 0 radical (unpaired) electrons. The van der Waals surface area contributed by atoms with Gasteiger partial charge in [-0.3, -0.25) is 4.79 Å². The maximum Gasteiger partial charge on any atom is 0.306 e. The molecule has 4 aliphatic rings. The van der Waals surface area contributed by atoms with Crippen LogP contribution in [0.25, 0.3) is 0 Å². The predicted octanol–water partition coefficient (Wildman–Crippen LogP) is 3.99. The average Bonchev–Trinajstić information content (AvgIpc) is 3.15. The van der Waals surface area contributed by atoms with Gasteiger partial charge >= 0.3 is 5.97 Å². The second-order valence-corrected chi connectivity index (χ2v) is 18.6. The highest BCUT2D eigenvalue weighted by Gasteiger charge is 2.51. The Labute approximate surface area is 359 Å². The lowest BCUT2D eigenvalue weighted by Gasteiger charge is -2.50. The lowest BCUT2D eigenvalue weighted by Crippen LogP contribution is -2.65. The maximum absolute atomic E-state index is 13.3. The van der Waals surface area contributed by atoms with E-state index in [1.165, 1.54) is 0 Å². The molecule has 346 valence electrons. The Morgan fingerprint density at radius 1 is 0.850 bits per heavy atom. The number of aldehydes is 1. The number of cyclic esters (lactones) is 1. The second-order valence-electron chi connectivity index (χ2n) is 18.6. The number of allylic oxidation sites excluding steroid dienone is 2. The van der Waals surface area contributed by atoms with E-state index in [-0.39, 0.29) is 61.4 Å². The van der Waals surface area contributed by atoms with E-state index in [1.54, 1.807) is 21.0 Å². The van der Waals surface area contributed by atoms with Crippen molar-refractivity contribution in [3.63, 3.8) is 0 Å². The Hall–Kier alpha value is -1.86. The van der Waals surface area contributed by atoms with Crippen LogP contribution < -0.4 is 0 Å². The van der Waals surface area contributed by atoms with E-state index in [4.69, 9.17) is 37.9 Å². The van der Waals surface area contributed by atoms with Gasteiger partial charge in [0.1, 0.15) is 30.7 Å². The summed E-state index contributed by atoms with van der Waals surface area (Å²) in [6, 6.07) is -0.361. The zero-order valence-corrected chi connectivity index (χ0v) is 38.3. The predicted molar refractivity (Wildman–Crippen MR) is 225 cm³/mol. The summed E-state index contributed by atoms with van der Waals surface area (Å²) >= 11 is 0. The van der Waals surface area contributed by atoms with Crippen molar-refractivity contribution < 1.29 is 62.8 Å². The number of hydrogen-bond donors (Lipinski definition) is 3. The van der Waals surface area contributed by atoms with Gasteiger partial charge in [0.2, 0.25) is 0 Å². The topological polar surface area (TPSA) is 175 Å². The molecular formula is C45H78N2O13. The molecule has 0 bridgehead atoms. The van der Waals surface area contributed by atoms with Crippen molar-refractivity contribution in [1.29, 1.82) is 0 Å². The van der Waals surface area contributed by atoms with Crippen LogP contribution in [-0.4, -0.2) is 170 Å². The smallest absolute Gasteiger partial charge is 0.306 e. The lowest BCUT2D eigenvalue weighted by atomic mass is 9.80. The molecule has 0 spiro atoms. The second kappa shape index (κ2) is 23.2. The third kappa shape index (κ3) is 13.6. The molecule has 0 saturated carbocycles. The van der Waals surface area contributed by atoms with E-state index in [9.17, 15) is 24.9 Å². The van der Waals surface area contributed by atoms with Crippen molar-refractivity contribution in [1.82, 2.24) is 9.80 Å². The minimum Gasteiger partial charge on any atom is -0.462 e. The van der Waals surface area contributed by atoms with Crippen molar-refractivity contribution in [2.24, 2.45) is 17.8 Å². The maximum atomic E-state index is 13.3. The Balaban J connectivity index is 1.68. The molecule has 15 nitrogen and oxygen atoms in total. The molecule has 3 saturated heterocycles. The van der Waals surface area contributed by atoms with Gasteiger partial charge in [0, 0.05) is 32.4 Å². The van der Waals surface area contributed by atoms with E-state index in [0.29, 0.717) is 19.3 Å². The van der Waals surface area contributed by atoms with Gasteiger partial charge in [-0.15, -0.1) is 0 Å². The Kier molecular flexibility index (Phi) is 19.6. The van der Waals surface area contributed by atoms with E-state index < -0.39 is 79.2 Å². The molecule has 3 N–H and O–H groups in total. The highest BCUT2D eigenvalue weighted by atomic mass is 16.7. The third-order valence-electron chi connectivity index (χ3n) is 12.9. The van der Waals surface area contributed by atoms with Gasteiger partial charge < -0.3 is 67.8 Å². The van der Waals surface area contributed by atoms with Crippen LogP contribution in [0.1, 0.15) is 99.8 Å². The largest absolute Gasteiger partial charge is 0.462 e. The van der Waals surface area contributed by atoms with Crippen LogP contribution in [0.2, 0.25) is 0 Å². The monoisotopic (exact) mass is 855 g/mol. The molecule has 4 heterocycles. The van der Waals surface area contributed by atoms with Crippen molar-refractivity contribution in [2.45, 2.75) is 197 Å². The number of nitrogens with zero attached hydrogens (tertiary/aromatic N) is 2. The van der Waals surface area contributed by atoms with E-state index in [0.717, 1.165) is 19.1 Å². The average molecular weight is 855 g/mol. The molecule has 4 rings (SSSR count). The summed E-state index contributed by atoms with van der Waals surface area (Å²) in [6.07, 6.45) is 3.36. The molecule has 0 aliphatic carbocycles. The van der Waals surface area contributed by atoms with Gasteiger partial charge in [0.05, 0.1) is 54.7 Å². The fourth-order valence-corrected chi connectivity index (χ4v) is 9.58. The number of esters is 1. The molecule has 0 aromatic heterocycles. The van der Waals surface area contributed by atoms with E-state index in [2.05, 4.69) is 32.8 Å². The van der Waals surface area contributed by atoms with Crippen LogP contribution in [0.5, 0.6) is 0 Å². The number of hydrogen-bond acceptors (Lipinski definition) is 15. The van der Waals surface area contributed by atoms with Gasteiger partial charge in [-0.05, 0) is 106 Å². The number of methoxy groups -OCH3 is 1. The number of ether oxygens (including phenoxy) is 8. The number of carbonyl (C=O) groups is 2. The zero-order valence-electron chi connectivity index (χ0n) is 38.3. The zero-order chi connectivity index (χ0) is 44.5. The Morgan fingerprint density at radius 2 is 1.55 bits per heavy atom. The molecule has 0 amide bonds. The number of carbonyl (C=O) groups excluding carboxylic acids is 2. The molecule has 15 unspecified atom stereocenters. The van der Waals surface area contributed by atoms with Crippen LogP contribution in [0, 0.1) is 17.8 Å². The number of likely N-dealkylation sites (N-methyl/N-ethyl adjacent to an activating group) is 2. The summed E-state index contributed by atoms with van der Waals surface area (Å²) in [7, 11) is 9.37. The summed E-state index contributed by atoms with van der Waals surface area (Å²) < 4.78 is 51.1. The quantitative estimate of drug-likeness (QED) is 0.190. The molecule has 60 heavy (non-hydrogen) atoms. The van der Waals surface area contributed by atoms with Crippen LogP contribution in [0.15, 0.2) is 24.3 Å². The van der Waals surface area contributed by atoms with Crippen molar-refractivity contribution in [2.75, 3.05) is 35.3 Å². The third-order valence-corrected chi connectivity index (χ3v) is 12.9. The SMILES string of the molecule is COC1[C@H](C)CC(=O)OC(C)C/C=C/C=C/C(OC2CCC(N(C)C)C(C)O2)[C@H](C)C[C@H](CCC=O)[C@@H]1OC1OC(C)C(OC2CC(C)(O)C(O)C(C)O2)C(N(C)C)C1O. The summed E-state index contributed by atoms with van der Waals surface area (Å²) in [6.45, 7) is 13.0. The Morgan fingerprint density at radius 3 is 2.17 bits per heavy atom. The van der Waals surface area contributed by atoms with E-state index in [1.807, 2.05) is 64.1 Å². The standard InChI is InChI=1S/C45H78N2O13/c1-26-23-32(18-16-22-48)42(60-44-39(50)38(47(10)11)41(30(5)57-44)59-37-25-45(7,52)43(51)31(6)56-37)40(53-12)27(2)24-35(49)54-28(3)17-14-13-15-19-34(26)58-36-21-20-33(46(8)9)29(4)55-36/h13-15,19,22,26-34,36-44,50-52H,16-18,20-21,23-25H2,1-12H3/b14-13+,19-15+/t26-,27-,28?,29?,30?,31?,32+,33?,34?,36?,37?,38?,39?,40?,41?,42+,43?,44?,45?/m1/s1. The van der Waals surface area contributed by atoms with Crippen LogP contribution in [-0.2, 0) is 47.5 Å². The highest BCUT2D eigenvalue weighted by molar-refractivity contribution is 5.70. The minimum atomic E-state index is -1.44. The number of aliphatic hydroxyl groups excluding tert-OH is 2. The van der Waals surface area contributed by atoms with Gasteiger partial charge in [-0.1, -0.05) is 38.2 Å². The first kappa shape index (κ1) is 50.8. The summed E-state index contributed by atoms with van der Waals surface area (Å²) in [5.74, 6) is -1.16. The van der Waals surface area contributed by atoms with Crippen LogP contribution in [0.3, 0.4) is 0 Å². The van der Waals surface area contributed by atoms with Crippen LogP contribution >= 0.6 is 0 Å². The molecule has 4 aliphatic heterocycles. The van der Waals surface area contributed by atoms with Gasteiger partial charge in [0.15, 0.2) is 18.9 Å². The first-order valence-corrected chi connectivity index (χ1v) is 22.1. The minimum absolute atomic E-state index is 0.0165. The number of rotatable bonds is 12. The lowest BCUT2D eigenvalue weighted by molar-refractivity contribution is -0.343. The summed E-state index contributed by atoms with van der Waals surface area (Å²) in [5.41, 5.74) is -1.44. The molecule has 0 aromatic rings. The number of aliphatic hydroxyl groups is 3. The van der Waals surface area contributed by atoms with Crippen molar-refractivity contribution in [3.05, 3.63) is 24.3 Å². The molecule has 3 fully saturated rings. The van der Waals surface area contributed by atoms with Crippen molar-refractivity contribution >= 4 is 12.3 Å². The normalized spacial score (nSPS) is 45.2. The van der Waals surface area contributed by atoms with Gasteiger partial charge in [-0.25, -0.2) is 0 Å².